The smallest absolute Gasteiger partial charge is 0.290 e. The fourth-order valence-corrected chi connectivity index (χ4v) is 4.23. The number of methoxy groups -OCH3 is 1. The molecule has 0 fully saturated rings. The number of fused-ring (bicyclic) bond motifs is 1. The summed E-state index contributed by atoms with van der Waals surface area (Å²) in [7, 11) is 1.60. The van der Waals surface area contributed by atoms with Gasteiger partial charge in [0.2, 0.25) is 5.78 Å². The quantitative estimate of drug-likeness (QED) is 0.390. The van der Waals surface area contributed by atoms with Gasteiger partial charge in [-0.2, -0.15) is 0 Å². The van der Waals surface area contributed by atoms with Crippen molar-refractivity contribution < 1.29 is 23.8 Å². The number of nitrogens with zero attached hydrogens (tertiary/aromatic N) is 1. The molecule has 1 amide bonds. The summed E-state index contributed by atoms with van der Waals surface area (Å²) in [5, 5.41) is 11.6. The van der Waals surface area contributed by atoms with Crippen LogP contribution < -0.4 is 0 Å². The van der Waals surface area contributed by atoms with Gasteiger partial charge in [0.1, 0.15) is 5.58 Å². The van der Waals surface area contributed by atoms with Gasteiger partial charge in [0.15, 0.2) is 11.5 Å². The highest BCUT2D eigenvalue weighted by Crippen LogP contribution is 2.40. The lowest BCUT2D eigenvalue weighted by Gasteiger charge is -2.27. The van der Waals surface area contributed by atoms with Crippen molar-refractivity contribution in [2.24, 2.45) is 0 Å². The maximum absolute atomic E-state index is 13.5. The molecule has 0 saturated heterocycles. The highest BCUT2D eigenvalue weighted by Gasteiger charge is 2.44. The maximum atomic E-state index is 13.5. The molecule has 0 radical (unpaired) electrons. The number of aliphatic hydroxyl groups is 1. The maximum Gasteiger partial charge on any atom is 0.290 e. The molecule has 0 spiro atoms. The van der Waals surface area contributed by atoms with Gasteiger partial charge in [0, 0.05) is 25.6 Å². The molecular formula is C27H29NO5. The predicted octanol–water partition coefficient (Wildman–Crippen LogP) is 5.35. The van der Waals surface area contributed by atoms with Crippen molar-refractivity contribution in [2.75, 3.05) is 20.3 Å². The van der Waals surface area contributed by atoms with E-state index in [-0.39, 0.29) is 16.7 Å². The molecule has 0 aliphatic carbocycles. The van der Waals surface area contributed by atoms with Crippen molar-refractivity contribution in [1.29, 1.82) is 0 Å². The number of hydrogen-bond acceptors (Lipinski definition) is 5. The lowest BCUT2D eigenvalue weighted by Crippen LogP contribution is -2.32. The van der Waals surface area contributed by atoms with E-state index in [4.69, 9.17) is 9.15 Å². The summed E-state index contributed by atoms with van der Waals surface area (Å²) in [5.74, 6) is -1.48. The zero-order valence-electron chi connectivity index (χ0n) is 19.4. The van der Waals surface area contributed by atoms with Crippen LogP contribution in [0.2, 0.25) is 0 Å². The highest BCUT2D eigenvalue weighted by molar-refractivity contribution is 6.16. The minimum absolute atomic E-state index is 0.0346. The Morgan fingerprint density at radius 2 is 1.82 bits per heavy atom. The van der Waals surface area contributed by atoms with Crippen LogP contribution in [0.5, 0.6) is 0 Å². The monoisotopic (exact) mass is 447 g/mol. The van der Waals surface area contributed by atoms with Gasteiger partial charge >= 0.3 is 0 Å². The van der Waals surface area contributed by atoms with Crippen LogP contribution in [-0.4, -0.2) is 42.0 Å². The van der Waals surface area contributed by atoms with E-state index < -0.39 is 23.5 Å². The minimum Gasteiger partial charge on any atom is -0.503 e. The van der Waals surface area contributed by atoms with E-state index in [0.717, 1.165) is 16.5 Å². The van der Waals surface area contributed by atoms with Crippen LogP contribution in [0.4, 0.5) is 0 Å². The van der Waals surface area contributed by atoms with E-state index in [1.807, 2.05) is 42.5 Å². The standard InChI is InChI=1S/C27H29NO5/c1-27(2,3)19-12-10-17(11-13-19)23-22(25(30)26(31)28(23)14-7-15-32-4)24(29)21-16-18-8-5-6-9-20(18)33-21/h5-6,8-13,16,23,30H,7,14-15H2,1-4H3. The second-order valence-corrected chi connectivity index (χ2v) is 9.36. The number of aliphatic hydroxyl groups excluding tert-OH is 1. The molecule has 2 aromatic carbocycles. The molecular weight excluding hydrogens is 418 g/mol. The molecule has 1 aliphatic heterocycles. The number of hydrogen-bond donors (Lipinski definition) is 1. The number of benzene rings is 2. The third-order valence-corrected chi connectivity index (χ3v) is 6.04. The number of rotatable bonds is 7. The number of ketones is 1. The zero-order chi connectivity index (χ0) is 23.8. The Kier molecular flexibility index (Phi) is 6.13. The van der Waals surface area contributed by atoms with Crippen LogP contribution in [0.3, 0.4) is 0 Å². The topological polar surface area (TPSA) is 80.0 Å². The number of carbonyl (C=O) groups excluding carboxylic acids is 2. The van der Waals surface area contributed by atoms with Gasteiger partial charge in [-0.3, -0.25) is 9.59 Å². The summed E-state index contributed by atoms with van der Waals surface area (Å²) in [6.45, 7) is 7.19. The molecule has 33 heavy (non-hydrogen) atoms. The predicted molar refractivity (Wildman–Crippen MR) is 126 cm³/mol. The van der Waals surface area contributed by atoms with Crippen molar-refractivity contribution in [3.8, 4) is 0 Å². The fourth-order valence-electron chi connectivity index (χ4n) is 4.23. The summed E-state index contributed by atoms with van der Waals surface area (Å²) in [5.41, 5.74) is 2.48. The van der Waals surface area contributed by atoms with Crippen molar-refractivity contribution in [3.63, 3.8) is 0 Å². The van der Waals surface area contributed by atoms with Gasteiger partial charge in [-0.1, -0.05) is 63.2 Å². The molecule has 1 aliphatic rings. The van der Waals surface area contributed by atoms with E-state index in [0.29, 0.717) is 25.2 Å². The van der Waals surface area contributed by atoms with Gasteiger partial charge in [0.25, 0.3) is 5.91 Å². The summed E-state index contributed by atoms with van der Waals surface area (Å²) < 4.78 is 10.9. The van der Waals surface area contributed by atoms with Crippen LogP contribution in [0.1, 0.15) is 54.9 Å². The molecule has 0 saturated carbocycles. The summed E-state index contributed by atoms with van der Waals surface area (Å²) in [6.07, 6.45) is 0.582. The van der Waals surface area contributed by atoms with Gasteiger partial charge < -0.3 is 19.2 Å². The van der Waals surface area contributed by atoms with Gasteiger partial charge in [-0.25, -0.2) is 0 Å². The Labute approximate surface area is 193 Å². The van der Waals surface area contributed by atoms with E-state index in [2.05, 4.69) is 20.8 Å². The number of Topliss-reactive ketones (excluding diaryl/α,β-unsaturated/α-hetero) is 1. The highest BCUT2D eigenvalue weighted by atomic mass is 16.5. The summed E-state index contributed by atoms with van der Waals surface area (Å²) >= 11 is 0. The van der Waals surface area contributed by atoms with Gasteiger partial charge in [0.05, 0.1) is 11.6 Å². The Hall–Kier alpha value is -3.38. The molecule has 172 valence electrons. The first-order valence-electron chi connectivity index (χ1n) is 11.1. The van der Waals surface area contributed by atoms with E-state index >= 15 is 0 Å². The fraction of sp³-hybridized carbons (Fsp3) is 0.333. The van der Waals surface area contributed by atoms with Crippen molar-refractivity contribution in [3.05, 3.63) is 82.8 Å². The van der Waals surface area contributed by atoms with Crippen LogP contribution >= 0.6 is 0 Å². The number of furan rings is 1. The third-order valence-electron chi connectivity index (χ3n) is 6.04. The molecule has 2 heterocycles. The molecule has 1 atom stereocenters. The molecule has 6 heteroatoms. The van der Waals surface area contributed by atoms with E-state index in [9.17, 15) is 14.7 Å². The number of ether oxygens (including phenoxy) is 1. The minimum atomic E-state index is -0.705. The third kappa shape index (κ3) is 4.31. The van der Waals surface area contributed by atoms with Crippen molar-refractivity contribution >= 4 is 22.7 Å². The second kappa shape index (κ2) is 8.87. The molecule has 1 N–H and O–H groups in total. The Bertz CT molecular complexity index is 1180. The number of para-hydroxylation sites is 1. The summed E-state index contributed by atoms with van der Waals surface area (Å²) in [4.78, 5) is 28.1. The lowest BCUT2D eigenvalue weighted by molar-refractivity contribution is -0.129. The number of amides is 1. The zero-order valence-corrected chi connectivity index (χ0v) is 19.4. The number of carbonyl (C=O) groups is 2. The van der Waals surface area contributed by atoms with Crippen molar-refractivity contribution in [1.82, 2.24) is 4.90 Å². The first-order valence-corrected chi connectivity index (χ1v) is 11.1. The van der Waals surface area contributed by atoms with Crippen LogP contribution in [0, 0.1) is 0 Å². The first-order chi connectivity index (χ1) is 15.7. The van der Waals surface area contributed by atoms with Crippen LogP contribution in [0.15, 0.2) is 70.3 Å². The molecule has 6 nitrogen and oxygen atoms in total. The summed E-state index contributed by atoms with van der Waals surface area (Å²) in [6, 6.07) is 16.1. The molecule has 3 aromatic rings. The second-order valence-electron chi connectivity index (χ2n) is 9.36. The van der Waals surface area contributed by atoms with Crippen molar-refractivity contribution in [2.45, 2.75) is 38.6 Å². The SMILES string of the molecule is COCCCN1C(=O)C(O)=C(C(=O)c2cc3ccccc3o2)C1c1ccc(C(C)(C)C)cc1. The van der Waals surface area contributed by atoms with E-state index in [1.165, 1.54) is 4.90 Å². The molecule has 1 unspecified atom stereocenters. The lowest BCUT2D eigenvalue weighted by atomic mass is 9.85. The molecule has 0 bridgehead atoms. The largest absolute Gasteiger partial charge is 0.503 e. The normalized spacial score (nSPS) is 16.8. The Morgan fingerprint density at radius 1 is 1.12 bits per heavy atom. The van der Waals surface area contributed by atoms with Crippen LogP contribution in [-0.2, 0) is 14.9 Å². The van der Waals surface area contributed by atoms with Crippen LogP contribution in [0.25, 0.3) is 11.0 Å². The van der Waals surface area contributed by atoms with E-state index in [1.54, 1.807) is 19.2 Å². The van der Waals surface area contributed by atoms with Gasteiger partial charge in [-0.05, 0) is 35.1 Å². The Morgan fingerprint density at radius 3 is 2.45 bits per heavy atom. The molecule has 4 rings (SSSR count). The Balaban J connectivity index is 1.76. The first kappa shape index (κ1) is 22.8. The average molecular weight is 448 g/mol. The van der Waals surface area contributed by atoms with Gasteiger partial charge in [-0.15, -0.1) is 0 Å². The molecule has 1 aromatic heterocycles. The average Bonchev–Trinajstić information content (AvgIpc) is 3.33.